The highest BCUT2D eigenvalue weighted by atomic mass is 16.3. The SMILES string of the molecule is Cc1cccc(C(CO)NCC(C)C)c1. The highest BCUT2D eigenvalue weighted by Crippen LogP contribution is 2.14. The average molecular weight is 207 g/mol. The summed E-state index contributed by atoms with van der Waals surface area (Å²) < 4.78 is 0. The van der Waals surface area contributed by atoms with Crippen LogP contribution >= 0.6 is 0 Å². The normalized spacial score (nSPS) is 13.1. The zero-order chi connectivity index (χ0) is 11.3. The van der Waals surface area contributed by atoms with E-state index in [1.54, 1.807) is 0 Å². The van der Waals surface area contributed by atoms with Crippen molar-refractivity contribution in [3.05, 3.63) is 35.4 Å². The van der Waals surface area contributed by atoms with Gasteiger partial charge in [0.2, 0.25) is 0 Å². The van der Waals surface area contributed by atoms with Crippen LogP contribution in [0.3, 0.4) is 0 Å². The Morgan fingerprint density at radius 1 is 1.33 bits per heavy atom. The molecule has 0 aliphatic heterocycles. The van der Waals surface area contributed by atoms with Gasteiger partial charge in [0.05, 0.1) is 12.6 Å². The van der Waals surface area contributed by atoms with Crippen LogP contribution in [0.2, 0.25) is 0 Å². The molecule has 0 fully saturated rings. The van der Waals surface area contributed by atoms with E-state index in [9.17, 15) is 5.11 Å². The lowest BCUT2D eigenvalue weighted by molar-refractivity contribution is 0.241. The van der Waals surface area contributed by atoms with Crippen LogP contribution in [-0.4, -0.2) is 18.3 Å². The first kappa shape index (κ1) is 12.2. The zero-order valence-corrected chi connectivity index (χ0v) is 9.83. The maximum Gasteiger partial charge on any atom is 0.0626 e. The van der Waals surface area contributed by atoms with Crippen molar-refractivity contribution in [2.24, 2.45) is 5.92 Å². The molecule has 2 nitrogen and oxygen atoms in total. The van der Waals surface area contributed by atoms with Gasteiger partial charge in [-0.1, -0.05) is 43.7 Å². The van der Waals surface area contributed by atoms with E-state index >= 15 is 0 Å². The first-order valence-electron chi connectivity index (χ1n) is 5.54. The van der Waals surface area contributed by atoms with Crippen LogP contribution < -0.4 is 5.32 Å². The second-order valence-corrected chi connectivity index (χ2v) is 4.45. The summed E-state index contributed by atoms with van der Waals surface area (Å²) in [6, 6.07) is 8.34. The summed E-state index contributed by atoms with van der Waals surface area (Å²) >= 11 is 0. The van der Waals surface area contributed by atoms with Crippen molar-refractivity contribution in [2.75, 3.05) is 13.2 Å². The van der Waals surface area contributed by atoms with Crippen molar-refractivity contribution in [2.45, 2.75) is 26.8 Å². The van der Waals surface area contributed by atoms with Gasteiger partial charge in [0.15, 0.2) is 0 Å². The molecule has 0 aromatic heterocycles. The van der Waals surface area contributed by atoms with Gasteiger partial charge < -0.3 is 10.4 Å². The number of hydrogen-bond donors (Lipinski definition) is 2. The molecule has 0 amide bonds. The summed E-state index contributed by atoms with van der Waals surface area (Å²) in [5, 5.41) is 12.7. The molecule has 0 saturated heterocycles. The Bertz CT molecular complexity index is 296. The van der Waals surface area contributed by atoms with E-state index in [4.69, 9.17) is 0 Å². The van der Waals surface area contributed by atoms with E-state index < -0.39 is 0 Å². The minimum atomic E-state index is 0.0623. The lowest BCUT2D eigenvalue weighted by Gasteiger charge is -2.18. The smallest absolute Gasteiger partial charge is 0.0626 e. The summed E-state index contributed by atoms with van der Waals surface area (Å²) in [7, 11) is 0. The first-order valence-corrected chi connectivity index (χ1v) is 5.54. The second-order valence-electron chi connectivity index (χ2n) is 4.45. The molecule has 1 unspecified atom stereocenters. The molecule has 0 radical (unpaired) electrons. The summed E-state index contributed by atoms with van der Waals surface area (Å²) in [5.41, 5.74) is 2.40. The summed E-state index contributed by atoms with van der Waals surface area (Å²) in [5.74, 6) is 0.601. The van der Waals surface area contributed by atoms with Gasteiger partial charge >= 0.3 is 0 Å². The predicted octanol–water partition coefficient (Wildman–Crippen LogP) is 2.27. The third kappa shape index (κ3) is 4.02. The van der Waals surface area contributed by atoms with Gasteiger partial charge in [-0.2, -0.15) is 0 Å². The molecule has 84 valence electrons. The largest absolute Gasteiger partial charge is 0.394 e. The number of benzene rings is 1. The number of aryl methyl sites for hydroxylation is 1. The minimum Gasteiger partial charge on any atom is -0.394 e. The van der Waals surface area contributed by atoms with Gasteiger partial charge in [-0.05, 0) is 24.9 Å². The second kappa shape index (κ2) is 5.89. The number of aliphatic hydroxyl groups is 1. The Labute approximate surface area is 92.3 Å². The monoisotopic (exact) mass is 207 g/mol. The highest BCUT2D eigenvalue weighted by molar-refractivity contribution is 5.25. The van der Waals surface area contributed by atoms with E-state index in [-0.39, 0.29) is 12.6 Å². The van der Waals surface area contributed by atoms with Crippen LogP contribution in [0.25, 0.3) is 0 Å². The molecule has 0 bridgehead atoms. The van der Waals surface area contributed by atoms with Crippen molar-refractivity contribution in [1.29, 1.82) is 0 Å². The van der Waals surface area contributed by atoms with Gasteiger partial charge in [0.1, 0.15) is 0 Å². The molecule has 0 aliphatic carbocycles. The Kier molecular flexibility index (Phi) is 4.79. The zero-order valence-electron chi connectivity index (χ0n) is 9.83. The molecular weight excluding hydrogens is 186 g/mol. The molecule has 1 aromatic carbocycles. The van der Waals surface area contributed by atoms with Crippen molar-refractivity contribution < 1.29 is 5.11 Å². The number of rotatable bonds is 5. The van der Waals surface area contributed by atoms with Crippen molar-refractivity contribution >= 4 is 0 Å². The van der Waals surface area contributed by atoms with Gasteiger partial charge in [0.25, 0.3) is 0 Å². The average Bonchev–Trinajstić information content (AvgIpc) is 2.18. The van der Waals surface area contributed by atoms with E-state index in [0.717, 1.165) is 12.1 Å². The lowest BCUT2D eigenvalue weighted by Crippen LogP contribution is -2.27. The van der Waals surface area contributed by atoms with Crippen LogP contribution in [0.4, 0.5) is 0 Å². The van der Waals surface area contributed by atoms with E-state index in [1.807, 2.05) is 6.07 Å². The van der Waals surface area contributed by atoms with E-state index in [2.05, 4.69) is 44.3 Å². The molecule has 0 heterocycles. The van der Waals surface area contributed by atoms with Gasteiger partial charge in [-0.25, -0.2) is 0 Å². The molecule has 15 heavy (non-hydrogen) atoms. The van der Waals surface area contributed by atoms with Crippen LogP contribution in [-0.2, 0) is 0 Å². The van der Waals surface area contributed by atoms with Crippen LogP contribution in [0.15, 0.2) is 24.3 Å². The summed E-state index contributed by atoms with van der Waals surface area (Å²) in [4.78, 5) is 0. The molecule has 0 aliphatic rings. The Morgan fingerprint density at radius 3 is 2.60 bits per heavy atom. The Morgan fingerprint density at radius 2 is 2.07 bits per heavy atom. The topological polar surface area (TPSA) is 32.3 Å². The fourth-order valence-corrected chi connectivity index (χ4v) is 1.55. The maximum absolute atomic E-state index is 9.32. The van der Waals surface area contributed by atoms with Gasteiger partial charge in [-0.15, -0.1) is 0 Å². The molecule has 1 atom stereocenters. The fraction of sp³-hybridized carbons (Fsp3) is 0.538. The molecule has 0 saturated carbocycles. The van der Waals surface area contributed by atoms with E-state index in [0.29, 0.717) is 5.92 Å². The number of hydrogen-bond acceptors (Lipinski definition) is 2. The van der Waals surface area contributed by atoms with Crippen LogP contribution in [0, 0.1) is 12.8 Å². The predicted molar refractivity (Wildman–Crippen MR) is 63.8 cm³/mol. The summed E-state index contributed by atoms with van der Waals surface area (Å²) in [6.45, 7) is 7.48. The fourth-order valence-electron chi connectivity index (χ4n) is 1.55. The third-order valence-electron chi connectivity index (χ3n) is 2.40. The lowest BCUT2D eigenvalue weighted by atomic mass is 10.0. The van der Waals surface area contributed by atoms with Crippen molar-refractivity contribution in [1.82, 2.24) is 5.32 Å². The molecule has 2 heteroatoms. The Balaban J connectivity index is 2.65. The first-order chi connectivity index (χ1) is 7.13. The van der Waals surface area contributed by atoms with E-state index in [1.165, 1.54) is 5.56 Å². The van der Waals surface area contributed by atoms with Gasteiger partial charge in [0, 0.05) is 0 Å². The van der Waals surface area contributed by atoms with Crippen molar-refractivity contribution in [3.8, 4) is 0 Å². The van der Waals surface area contributed by atoms with Crippen LogP contribution in [0.1, 0.15) is 31.0 Å². The standard InChI is InChI=1S/C13H21NO/c1-10(2)8-14-13(9-15)12-6-4-5-11(3)7-12/h4-7,10,13-15H,8-9H2,1-3H3. The maximum atomic E-state index is 9.32. The summed E-state index contributed by atoms with van der Waals surface area (Å²) in [6.07, 6.45) is 0. The number of nitrogens with one attached hydrogen (secondary N) is 1. The molecule has 1 rings (SSSR count). The van der Waals surface area contributed by atoms with Gasteiger partial charge in [-0.3, -0.25) is 0 Å². The molecule has 0 spiro atoms. The van der Waals surface area contributed by atoms with Crippen LogP contribution in [0.5, 0.6) is 0 Å². The quantitative estimate of drug-likeness (QED) is 0.776. The highest BCUT2D eigenvalue weighted by Gasteiger charge is 2.09. The van der Waals surface area contributed by atoms with Crippen molar-refractivity contribution in [3.63, 3.8) is 0 Å². The molecular formula is C13H21NO. The third-order valence-corrected chi connectivity index (χ3v) is 2.40. The Hall–Kier alpha value is -0.860. The molecule has 2 N–H and O–H groups in total. The minimum absolute atomic E-state index is 0.0623. The number of aliphatic hydroxyl groups excluding tert-OH is 1. The molecule has 1 aromatic rings.